The van der Waals surface area contributed by atoms with Crippen molar-refractivity contribution in [3.05, 3.63) is 53.6 Å². The largest absolute Gasteiger partial charge is 0.383 e. The molecule has 18 heavy (non-hydrogen) atoms. The van der Waals surface area contributed by atoms with E-state index in [1.807, 2.05) is 35.0 Å². The van der Waals surface area contributed by atoms with Gasteiger partial charge in [0.1, 0.15) is 5.60 Å². The zero-order valence-electron chi connectivity index (χ0n) is 9.96. The first-order chi connectivity index (χ1) is 8.68. The van der Waals surface area contributed by atoms with Gasteiger partial charge in [0.2, 0.25) is 0 Å². The summed E-state index contributed by atoms with van der Waals surface area (Å²) in [7, 11) is 0. The topological polar surface area (TPSA) is 38.0 Å². The Balaban J connectivity index is 1.93. The zero-order valence-corrected chi connectivity index (χ0v) is 10.7. The second kappa shape index (κ2) is 4.41. The molecule has 2 aromatic rings. The smallest absolute Gasteiger partial charge is 0.110 e. The van der Waals surface area contributed by atoms with Crippen LogP contribution in [0.2, 0.25) is 5.02 Å². The maximum atomic E-state index is 11.0. The van der Waals surface area contributed by atoms with Gasteiger partial charge >= 0.3 is 0 Å². The van der Waals surface area contributed by atoms with Crippen LogP contribution < -0.4 is 0 Å². The molecule has 0 amide bonds. The van der Waals surface area contributed by atoms with Gasteiger partial charge in [-0.3, -0.25) is 0 Å². The van der Waals surface area contributed by atoms with Gasteiger partial charge in [0.05, 0.1) is 12.9 Å². The molecule has 1 aliphatic carbocycles. The number of benzene rings is 1. The first-order valence-electron chi connectivity index (χ1n) is 6.13. The second-order valence-electron chi connectivity index (χ2n) is 4.94. The minimum atomic E-state index is -0.814. The number of rotatable bonds is 4. The van der Waals surface area contributed by atoms with Crippen LogP contribution >= 0.6 is 11.6 Å². The highest BCUT2D eigenvalue weighted by molar-refractivity contribution is 6.30. The number of hydrogen-bond donors (Lipinski definition) is 1. The average molecular weight is 263 g/mol. The van der Waals surface area contributed by atoms with Crippen molar-refractivity contribution in [1.29, 1.82) is 0 Å². The molecule has 0 radical (unpaired) electrons. The van der Waals surface area contributed by atoms with Gasteiger partial charge in [-0.05, 0) is 36.5 Å². The quantitative estimate of drug-likeness (QED) is 0.920. The van der Waals surface area contributed by atoms with Gasteiger partial charge < -0.3 is 9.67 Å². The fourth-order valence-electron chi connectivity index (χ4n) is 2.41. The molecule has 1 unspecified atom stereocenters. The molecular formula is C14H15ClN2O. The highest BCUT2D eigenvalue weighted by atomic mass is 35.5. The Morgan fingerprint density at radius 1 is 1.33 bits per heavy atom. The number of nitrogens with zero attached hydrogens (tertiary/aromatic N) is 2. The van der Waals surface area contributed by atoms with E-state index in [1.54, 1.807) is 12.5 Å². The summed E-state index contributed by atoms with van der Waals surface area (Å²) < 4.78 is 1.92. The third-order valence-electron chi connectivity index (χ3n) is 3.58. The molecule has 1 atom stereocenters. The number of imidazole rings is 1. The normalized spacial score (nSPS) is 18.6. The highest BCUT2D eigenvalue weighted by Crippen LogP contribution is 2.46. The third kappa shape index (κ3) is 2.16. The average Bonchev–Trinajstić information content (AvgIpc) is 3.11. The SMILES string of the molecule is OC(Cn1ccnc1)(c1ccc(Cl)cc1)C1CC1. The lowest BCUT2D eigenvalue weighted by molar-refractivity contribution is -0.00455. The van der Waals surface area contributed by atoms with E-state index in [4.69, 9.17) is 11.6 Å². The van der Waals surface area contributed by atoms with Crippen LogP contribution in [0.25, 0.3) is 0 Å². The van der Waals surface area contributed by atoms with Crippen molar-refractivity contribution >= 4 is 11.6 Å². The Bertz CT molecular complexity index is 519. The maximum absolute atomic E-state index is 11.0. The molecule has 1 aliphatic rings. The van der Waals surface area contributed by atoms with Crippen molar-refractivity contribution in [3.63, 3.8) is 0 Å². The van der Waals surface area contributed by atoms with E-state index in [2.05, 4.69) is 4.98 Å². The lowest BCUT2D eigenvalue weighted by Crippen LogP contribution is -2.33. The van der Waals surface area contributed by atoms with Crippen LogP contribution in [0.5, 0.6) is 0 Å². The summed E-state index contributed by atoms with van der Waals surface area (Å²) in [6.45, 7) is 0.541. The minimum Gasteiger partial charge on any atom is -0.383 e. The maximum Gasteiger partial charge on any atom is 0.110 e. The van der Waals surface area contributed by atoms with Crippen LogP contribution in [0, 0.1) is 5.92 Å². The Morgan fingerprint density at radius 3 is 2.61 bits per heavy atom. The summed E-state index contributed by atoms with van der Waals surface area (Å²) in [5.41, 5.74) is 0.119. The molecule has 0 bridgehead atoms. The van der Waals surface area contributed by atoms with E-state index in [0.717, 1.165) is 18.4 Å². The van der Waals surface area contributed by atoms with Crippen molar-refractivity contribution in [2.75, 3.05) is 0 Å². The monoisotopic (exact) mass is 262 g/mol. The van der Waals surface area contributed by atoms with E-state index < -0.39 is 5.60 Å². The van der Waals surface area contributed by atoms with Crippen molar-refractivity contribution in [2.45, 2.75) is 25.0 Å². The zero-order chi connectivity index (χ0) is 12.6. The fourth-order valence-corrected chi connectivity index (χ4v) is 2.54. The van der Waals surface area contributed by atoms with Crippen LogP contribution in [0.4, 0.5) is 0 Å². The molecule has 4 heteroatoms. The number of halogens is 1. The Labute approximate surface area is 111 Å². The van der Waals surface area contributed by atoms with Gasteiger partial charge in [-0.1, -0.05) is 23.7 Å². The van der Waals surface area contributed by atoms with Gasteiger partial charge in [-0.15, -0.1) is 0 Å². The summed E-state index contributed by atoms with van der Waals surface area (Å²) in [6.07, 6.45) is 7.50. The van der Waals surface area contributed by atoms with Gasteiger partial charge in [-0.25, -0.2) is 4.98 Å². The first-order valence-corrected chi connectivity index (χ1v) is 6.50. The van der Waals surface area contributed by atoms with E-state index in [0.29, 0.717) is 17.5 Å². The van der Waals surface area contributed by atoms with Gasteiger partial charge in [0.15, 0.2) is 0 Å². The summed E-state index contributed by atoms with van der Waals surface area (Å²) in [4.78, 5) is 4.02. The Hall–Kier alpha value is -1.32. The molecule has 1 fully saturated rings. The lowest BCUT2D eigenvalue weighted by Gasteiger charge is -2.29. The fraction of sp³-hybridized carbons (Fsp3) is 0.357. The summed E-state index contributed by atoms with van der Waals surface area (Å²) in [5.74, 6) is 0.334. The molecule has 0 spiro atoms. The first kappa shape index (κ1) is 11.8. The molecule has 3 rings (SSSR count). The molecule has 94 valence electrons. The number of hydrogen-bond acceptors (Lipinski definition) is 2. The molecule has 0 aliphatic heterocycles. The minimum absolute atomic E-state index is 0.334. The van der Waals surface area contributed by atoms with Gasteiger partial charge in [0, 0.05) is 17.4 Å². The van der Waals surface area contributed by atoms with Crippen LogP contribution in [0.3, 0.4) is 0 Å². The van der Waals surface area contributed by atoms with Crippen molar-refractivity contribution < 1.29 is 5.11 Å². The van der Waals surface area contributed by atoms with Gasteiger partial charge in [0.25, 0.3) is 0 Å². The predicted octanol–water partition coefficient (Wildman–Crippen LogP) is 2.83. The second-order valence-corrected chi connectivity index (χ2v) is 5.38. The molecule has 3 nitrogen and oxygen atoms in total. The molecule has 1 aromatic carbocycles. The van der Waals surface area contributed by atoms with Crippen molar-refractivity contribution in [2.24, 2.45) is 5.92 Å². The van der Waals surface area contributed by atoms with E-state index in [9.17, 15) is 5.11 Å². The van der Waals surface area contributed by atoms with E-state index in [1.165, 1.54) is 0 Å². The van der Waals surface area contributed by atoms with Crippen LogP contribution in [0.1, 0.15) is 18.4 Å². The summed E-state index contributed by atoms with van der Waals surface area (Å²) >= 11 is 5.90. The van der Waals surface area contributed by atoms with Gasteiger partial charge in [-0.2, -0.15) is 0 Å². The van der Waals surface area contributed by atoms with Crippen LogP contribution in [0.15, 0.2) is 43.0 Å². The molecule has 0 saturated heterocycles. The van der Waals surface area contributed by atoms with E-state index >= 15 is 0 Å². The predicted molar refractivity (Wildman–Crippen MR) is 70.3 cm³/mol. The van der Waals surface area contributed by atoms with Crippen LogP contribution in [-0.4, -0.2) is 14.7 Å². The molecular weight excluding hydrogens is 248 g/mol. The third-order valence-corrected chi connectivity index (χ3v) is 3.83. The van der Waals surface area contributed by atoms with Crippen molar-refractivity contribution in [1.82, 2.24) is 9.55 Å². The Kier molecular flexibility index (Phi) is 2.88. The molecule has 1 N–H and O–H groups in total. The van der Waals surface area contributed by atoms with E-state index in [-0.39, 0.29) is 0 Å². The van der Waals surface area contributed by atoms with Crippen molar-refractivity contribution in [3.8, 4) is 0 Å². The molecule has 1 aromatic heterocycles. The summed E-state index contributed by atoms with van der Waals surface area (Å²) in [6, 6.07) is 7.49. The Morgan fingerprint density at radius 2 is 2.06 bits per heavy atom. The van der Waals surface area contributed by atoms with Crippen LogP contribution in [-0.2, 0) is 12.1 Å². The number of aliphatic hydroxyl groups is 1. The summed E-state index contributed by atoms with van der Waals surface area (Å²) in [5, 5.41) is 11.7. The highest BCUT2D eigenvalue weighted by Gasteiger charge is 2.45. The molecule has 1 saturated carbocycles. The molecule has 1 heterocycles. The number of aromatic nitrogens is 2. The lowest BCUT2D eigenvalue weighted by atomic mass is 9.88. The standard InChI is InChI=1S/C14H15ClN2O/c15-13-5-3-12(4-6-13)14(18,11-1-2-11)9-17-8-7-16-10-17/h3-8,10-11,18H,1-2,9H2.